The highest BCUT2D eigenvalue weighted by molar-refractivity contribution is 7.14. The van der Waals surface area contributed by atoms with Crippen molar-refractivity contribution in [1.82, 2.24) is 4.98 Å². The van der Waals surface area contributed by atoms with Crippen molar-refractivity contribution in [2.75, 3.05) is 26.6 Å². The Bertz CT molecular complexity index is 998. The second-order valence-electron chi connectivity index (χ2n) is 5.67. The van der Waals surface area contributed by atoms with E-state index in [1.54, 1.807) is 27.4 Å². The molecule has 2 aromatic carbocycles. The molecular weight excluding hydrogens is 376 g/mol. The van der Waals surface area contributed by atoms with E-state index in [9.17, 15) is 4.79 Å². The summed E-state index contributed by atoms with van der Waals surface area (Å²) in [4.78, 5) is 16.7. The van der Waals surface area contributed by atoms with Crippen LogP contribution in [0, 0.1) is 0 Å². The van der Waals surface area contributed by atoms with Gasteiger partial charge in [-0.25, -0.2) is 4.98 Å². The fourth-order valence-electron chi connectivity index (χ4n) is 2.59. The summed E-state index contributed by atoms with van der Waals surface area (Å²) in [7, 11) is 4.80. The van der Waals surface area contributed by atoms with E-state index in [0.29, 0.717) is 28.1 Å². The maximum absolute atomic E-state index is 12.2. The Labute approximate surface area is 167 Å². The van der Waals surface area contributed by atoms with Crippen LogP contribution in [-0.2, 0) is 4.79 Å². The van der Waals surface area contributed by atoms with Gasteiger partial charge in [-0.1, -0.05) is 18.2 Å². The van der Waals surface area contributed by atoms with Crippen LogP contribution in [0.2, 0.25) is 0 Å². The summed E-state index contributed by atoms with van der Waals surface area (Å²) in [6.45, 7) is 0. The average Bonchev–Trinajstić information content (AvgIpc) is 3.20. The number of nitrogens with one attached hydrogen (secondary N) is 1. The summed E-state index contributed by atoms with van der Waals surface area (Å²) in [5, 5.41) is 5.13. The van der Waals surface area contributed by atoms with E-state index in [1.165, 1.54) is 17.4 Å². The molecule has 28 heavy (non-hydrogen) atoms. The molecule has 1 heterocycles. The average molecular weight is 396 g/mol. The molecule has 0 bridgehead atoms. The molecule has 1 N–H and O–H groups in total. The third-order valence-electron chi connectivity index (χ3n) is 3.97. The lowest BCUT2D eigenvalue weighted by molar-refractivity contribution is -0.111. The zero-order valence-corrected chi connectivity index (χ0v) is 16.6. The summed E-state index contributed by atoms with van der Waals surface area (Å²) in [6.07, 6.45) is 3.15. The summed E-state index contributed by atoms with van der Waals surface area (Å²) < 4.78 is 15.9. The van der Waals surface area contributed by atoms with Gasteiger partial charge in [-0.3, -0.25) is 10.1 Å². The molecule has 144 valence electrons. The standard InChI is InChI=1S/C21H20N2O4S/c1-25-15-9-10-19(27-3)16(12-15)17-13-28-21(22-17)23-20(24)11-8-14-6-4-5-7-18(14)26-2/h4-13H,1-3H3,(H,22,23,24)/b11-8+. The molecule has 0 saturated heterocycles. The van der Waals surface area contributed by atoms with Gasteiger partial charge in [0.25, 0.3) is 0 Å². The molecule has 1 aromatic heterocycles. The number of rotatable bonds is 7. The number of carbonyl (C=O) groups is 1. The third kappa shape index (κ3) is 4.50. The zero-order chi connectivity index (χ0) is 19.9. The van der Waals surface area contributed by atoms with E-state index < -0.39 is 0 Å². The van der Waals surface area contributed by atoms with E-state index in [-0.39, 0.29) is 5.91 Å². The van der Waals surface area contributed by atoms with E-state index >= 15 is 0 Å². The first-order chi connectivity index (χ1) is 13.6. The molecule has 0 spiro atoms. The number of hydrogen-bond acceptors (Lipinski definition) is 6. The van der Waals surface area contributed by atoms with Crippen LogP contribution in [0.25, 0.3) is 17.3 Å². The predicted octanol–water partition coefficient (Wildman–Crippen LogP) is 4.49. The van der Waals surface area contributed by atoms with Crippen LogP contribution in [0.1, 0.15) is 5.56 Å². The molecule has 6 nitrogen and oxygen atoms in total. The number of nitrogens with zero attached hydrogens (tertiary/aromatic N) is 1. The molecular formula is C21H20N2O4S. The van der Waals surface area contributed by atoms with E-state index in [2.05, 4.69) is 10.3 Å². The Balaban J connectivity index is 1.74. The minimum absolute atomic E-state index is 0.274. The Morgan fingerprint density at radius 1 is 1.04 bits per heavy atom. The highest BCUT2D eigenvalue weighted by Gasteiger charge is 2.12. The van der Waals surface area contributed by atoms with E-state index in [1.807, 2.05) is 47.8 Å². The van der Waals surface area contributed by atoms with Crippen molar-refractivity contribution in [3.63, 3.8) is 0 Å². The van der Waals surface area contributed by atoms with E-state index in [0.717, 1.165) is 11.1 Å². The largest absolute Gasteiger partial charge is 0.497 e. The summed E-state index contributed by atoms with van der Waals surface area (Å²) >= 11 is 1.34. The first-order valence-corrected chi connectivity index (χ1v) is 9.32. The highest BCUT2D eigenvalue weighted by atomic mass is 32.1. The number of carbonyl (C=O) groups excluding carboxylic acids is 1. The number of amides is 1. The fraction of sp³-hybridized carbons (Fsp3) is 0.143. The number of hydrogen-bond donors (Lipinski definition) is 1. The second-order valence-corrected chi connectivity index (χ2v) is 6.53. The SMILES string of the molecule is COc1ccc(OC)c(-c2csc(NC(=O)/C=C/c3ccccc3OC)n2)c1. The summed E-state index contributed by atoms with van der Waals surface area (Å²) in [5.74, 6) is 1.81. The Morgan fingerprint density at radius 2 is 1.82 bits per heavy atom. The lowest BCUT2D eigenvalue weighted by Crippen LogP contribution is -2.07. The normalized spacial score (nSPS) is 10.7. The van der Waals surface area contributed by atoms with Gasteiger partial charge in [-0.15, -0.1) is 11.3 Å². The molecule has 0 fully saturated rings. The second kappa shape index (κ2) is 9.05. The minimum Gasteiger partial charge on any atom is -0.497 e. The molecule has 7 heteroatoms. The molecule has 0 unspecified atom stereocenters. The van der Waals surface area contributed by atoms with Crippen LogP contribution >= 0.6 is 11.3 Å². The Morgan fingerprint density at radius 3 is 2.57 bits per heavy atom. The molecule has 3 rings (SSSR count). The highest BCUT2D eigenvalue weighted by Crippen LogP contribution is 2.35. The van der Waals surface area contributed by atoms with Gasteiger partial charge >= 0.3 is 0 Å². The van der Waals surface area contributed by atoms with Crippen LogP contribution < -0.4 is 19.5 Å². The van der Waals surface area contributed by atoms with Gasteiger partial charge in [0.1, 0.15) is 17.2 Å². The number of ether oxygens (including phenoxy) is 3. The van der Waals surface area contributed by atoms with Crippen molar-refractivity contribution in [2.24, 2.45) is 0 Å². The quantitative estimate of drug-likeness (QED) is 0.596. The fourth-order valence-corrected chi connectivity index (χ4v) is 3.30. The number of aromatic nitrogens is 1. The van der Waals surface area contributed by atoms with Crippen molar-refractivity contribution in [3.8, 4) is 28.5 Å². The van der Waals surface area contributed by atoms with Crippen LogP contribution in [0.4, 0.5) is 5.13 Å². The smallest absolute Gasteiger partial charge is 0.250 e. The number of para-hydroxylation sites is 1. The molecule has 0 radical (unpaired) electrons. The van der Waals surface area contributed by atoms with Crippen molar-refractivity contribution < 1.29 is 19.0 Å². The number of thiazole rings is 1. The van der Waals surface area contributed by atoms with Gasteiger partial charge in [0, 0.05) is 22.6 Å². The molecule has 3 aromatic rings. The maximum Gasteiger partial charge on any atom is 0.250 e. The maximum atomic E-state index is 12.2. The topological polar surface area (TPSA) is 69.7 Å². The van der Waals surface area contributed by atoms with Crippen molar-refractivity contribution in [1.29, 1.82) is 0 Å². The van der Waals surface area contributed by atoms with Gasteiger partial charge < -0.3 is 14.2 Å². The number of benzene rings is 2. The monoisotopic (exact) mass is 396 g/mol. The van der Waals surface area contributed by atoms with E-state index in [4.69, 9.17) is 14.2 Å². The van der Waals surface area contributed by atoms with Crippen LogP contribution in [0.3, 0.4) is 0 Å². The van der Waals surface area contributed by atoms with Crippen LogP contribution in [-0.4, -0.2) is 32.2 Å². The molecule has 0 aliphatic carbocycles. The van der Waals surface area contributed by atoms with Gasteiger partial charge in [-0.05, 0) is 30.3 Å². The van der Waals surface area contributed by atoms with Crippen molar-refractivity contribution in [2.45, 2.75) is 0 Å². The molecule has 1 amide bonds. The number of methoxy groups -OCH3 is 3. The summed E-state index contributed by atoms with van der Waals surface area (Å²) in [6, 6.07) is 13.0. The summed E-state index contributed by atoms with van der Waals surface area (Å²) in [5.41, 5.74) is 2.31. The van der Waals surface area contributed by atoms with Gasteiger partial charge in [0.05, 0.1) is 27.0 Å². The van der Waals surface area contributed by atoms with Gasteiger partial charge in [0.15, 0.2) is 5.13 Å². The molecule has 0 aliphatic heterocycles. The lowest BCUT2D eigenvalue weighted by Gasteiger charge is -2.08. The van der Waals surface area contributed by atoms with Crippen LogP contribution in [0.5, 0.6) is 17.2 Å². The Kier molecular flexibility index (Phi) is 6.29. The van der Waals surface area contributed by atoms with Crippen LogP contribution in [0.15, 0.2) is 53.9 Å². The minimum atomic E-state index is -0.274. The molecule has 0 aliphatic rings. The third-order valence-corrected chi connectivity index (χ3v) is 4.73. The molecule has 0 atom stereocenters. The molecule has 0 saturated carbocycles. The van der Waals surface area contributed by atoms with Crippen molar-refractivity contribution in [3.05, 3.63) is 59.5 Å². The zero-order valence-electron chi connectivity index (χ0n) is 15.8. The van der Waals surface area contributed by atoms with Gasteiger partial charge in [-0.2, -0.15) is 0 Å². The van der Waals surface area contributed by atoms with Crippen molar-refractivity contribution >= 4 is 28.5 Å². The predicted molar refractivity (Wildman–Crippen MR) is 111 cm³/mol. The number of anilines is 1. The lowest BCUT2D eigenvalue weighted by atomic mass is 10.1. The van der Waals surface area contributed by atoms with Gasteiger partial charge in [0.2, 0.25) is 5.91 Å². The first kappa shape index (κ1) is 19.4. The first-order valence-electron chi connectivity index (χ1n) is 8.44. The Hall–Kier alpha value is -3.32.